The molecule has 16 heavy (non-hydrogen) atoms. The first kappa shape index (κ1) is 11.9. The van der Waals surface area contributed by atoms with E-state index in [-0.39, 0.29) is 6.61 Å². The summed E-state index contributed by atoms with van der Waals surface area (Å²) in [5.74, 6) is -0.470. The van der Waals surface area contributed by atoms with Crippen molar-refractivity contribution < 1.29 is 14.3 Å². The van der Waals surface area contributed by atoms with Crippen LogP contribution in [0.5, 0.6) is 0 Å². The van der Waals surface area contributed by atoms with Crippen LogP contribution in [0.25, 0.3) is 0 Å². The molecule has 5 nitrogen and oxygen atoms in total. The first-order valence-electron chi connectivity index (χ1n) is 4.77. The summed E-state index contributed by atoms with van der Waals surface area (Å²) >= 11 is 0. The van der Waals surface area contributed by atoms with Crippen LogP contribution in [-0.2, 0) is 20.9 Å². The van der Waals surface area contributed by atoms with E-state index in [4.69, 9.17) is 4.74 Å². The Morgan fingerprint density at radius 2 is 2.19 bits per heavy atom. The van der Waals surface area contributed by atoms with Crippen LogP contribution in [0.15, 0.2) is 35.4 Å². The van der Waals surface area contributed by atoms with E-state index in [1.807, 2.05) is 30.3 Å². The fourth-order valence-electron chi connectivity index (χ4n) is 1.03. The molecule has 5 heteroatoms. The summed E-state index contributed by atoms with van der Waals surface area (Å²) < 4.78 is 5.00. The number of nitrogens with one attached hydrogen (secondary N) is 1. The Bertz CT molecular complexity index is 385. The molecule has 1 atom stereocenters. The van der Waals surface area contributed by atoms with E-state index in [0.29, 0.717) is 0 Å². The molecule has 0 fully saturated rings. The van der Waals surface area contributed by atoms with Crippen molar-refractivity contribution in [2.45, 2.75) is 19.6 Å². The van der Waals surface area contributed by atoms with E-state index in [1.165, 1.54) is 6.08 Å². The lowest BCUT2D eigenvalue weighted by Crippen LogP contribution is -2.31. The molecule has 0 radical (unpaired) electrons. The number of esters is 1. The fraction of sp³-hybridized carbons (Fsp3) is 0.273. The molecule has 0 saturated carbocycles. The van der Waals surface area contributed by atoms with E-state index in [1.54, 1.807) is 6.92 Å². The zero-order chi connectivity index (χ0) is 11.8. The van der Waals surface area contributed by atoms with Crippen LogP contribution in [0.1, 0.15) is 12.5 Å². The molecule has 0 spiro atoms. The van der Waals surface area contributed by atoms with Gasteiger partial charge in [-0.2, -0.15) is 0 Å². The molecule has 0 saturated heterocycles. The van der Waals surface area contributed by atoms with Crippen LogP contribution in [0, 0.1) is 0 Å². The number of benzene rings is 1. The van der Waals surface area contributed by atoms with Gasteiger partial charge in [0.05, 0.1) is 0 Å². The molecule has 1 aromatic rings. The summed E-state index contributed by atoms with van der Waals surface area (Å²) in [6.07, 6.45) is 1.28. The summed E-state index contributed by atoms with van der Waals surface area (Å²) in [6, 6.07) is 8.66. The molecule has 84 valence electrons. The van der Waals surface area contributed by atoms with E-state index in [0.717, 1.165) is 5.56 Å². The summed E-state index contributed by atoms with van der Waals surface area (Å²) in [5.41, 5.74) is 3.20. The number of carbonyl (C=O) groups excluding carboxylic acids is 2. The molecule has 1 rings (SSSR count). The van der Waals surface area contributed by atoms with Crippen LogP contribution in [0.3, 0.4) is 0 Å². The van der Waals surface area contributed by atoms with E-state index < -0.39 is 12.0 Å². The van der Waals surface area contributed by atoms with Gasteiger partial charge in [0.2, 0.25) is 0 Å². The molecule has 0 aliphatic heterocycles. The van der Waals surface area contributed by atoms with Crippen molar-refractivity contribution in [1.29, 1.82) is 0 Å². The number of rotatable bonds is 5. The quantitative estimate of drug-likeness (QED) is 0.347. The van der Waals surface area contributed by atoms with Crippen molar-refractivity contribution in [3.63, 3.8) is 0 Å². The largest absolute Gasteiger partial charge is 0.459 e. The van der Waals surface area contributed by atoms with Gasteiger partial charge in [0, 0.05) is 0 Å². The number of nitrogens with zero attached hydrogens (tertiary/aromatic N) is 1. The second-order valence-electron chi connectivity index (χ2n) is 3.15. The van der Waals surface area contributed by atoms with Gasteiger partial charge in [0.25, 0.3) is 6.08 Å². The molecular formula is C11H12N2O3. The predicted octanol–water partition coefficient (Wildman–Crippen LogP) is 0.959. The van der Waals surface area contributed by atoms with Gasteiger partial charge in [0.15, 0.2) is 0 Å². The lowest BCUT2D eigenvalue weighted by Gasteiger charge is -2.09. The number of hydrogen-bond donors (Lipinski definition) is 1. The molecule has 0 amide bonds. The SMILES string of the molecule is C[C@H](NN=C=O)C(=O)OCc1ccccc1. The Balaban J connectivity index is 2.38. The van der Waals surface area contributed by atoms with E-state index in [9.17, 15) is 9.59 Å². The van der Waals surface area contributed by atoms with Gasteiger partial charge in [-0.3, -0.25) is 5.43 Å². The Kier molecular flexibility index (Phi) is 4.76. The van der Waals surface area contributed by atoms with Gasteiger partial charge in [-0.15, -0.1) is 0 Å². The van der Waals surface area contributed by atoms with E-state index in [2.05, 4.69) is 10.5 Å². The Morgan fingerprint density at radius 1 is 1.50 bits per heavy atom. The number of ether oxygens (including phenoxy) is 1. The van der Waals surface area contributed by atoms with Crippen molar-refractivity contribution in [2.75, 3.05) is 0 Å². The van der Waals surface area contributed by atoms with Crippen LogP contribution in [-0.4, -0.2) is 18.1 Å². The number of isocyanates is 1. The highest BCUT2D eigenvalue weighted by atomic mass is 16.5. The third-order valence-corrected chi connectivity index (χ3v) is 1.88. The lowest BCUT2D eigenvalue weighted by atomic mass is 10.2. The maximum atomic E-state index is 11.3. The average molecular weight is 220 g/mol. The highest BCUT2D eigenvalue weighted by Gasteiger charge is 2.12. The van der Waals surface area contributed by atoms with Crippen molar-refractivity contribution >= 4 is 12.0 Å². The number of hydrazone groups is 1. The minimum absolute atomic E-state index is 0.205. The normalized spacial score (nSPS) is 11.1. The molecule has 0 unspecified atom stereocenters. The summed E-state index contributed by atoms with van der Waals surface area (Å²) in [6.45, 7) is 1.75. The lowest BCUT2D eigenvalue weighted by molar-refractivity contribution is -0.147. The maximum Gasteiger partial charge on any atom is 0.330 e. The Hall–Kier alpha value is -2.13. The second kappa shape index (κ2) is 6.37. The molecule has 1 aromatic carbocycles. The minimum atomic E-state index is -0.662. The molecular weight excluding hydrogens is 208 g/mol. The number of hydrogen-bond acceptors (Lipinski definition) is 5. The van der Waals surface area contributed by atoms with Crippen molar-refractivity contribution in [2.24, 2.45) is 5.10 Å². The van der Waals surface area contributed by atoms with Gasteiger partial charge >= 0.3 is 5.97 Å². The van der Waals surface area contributed by atoms with Crippen molar-refractivity contribution in [3.8, 4) is 0 Å². The van der Waals surface area contributed by atoms with Gasteiger partial charge in [-0.25, -0.2) is 9.59 Å². The molecule has 0 aromatic heterocycles. The second-order valence-corrected chi connectivity index (χ2v) is 3.15. The zero-order valence-electron chi connectivity index (χ0n) is 8.84. The maximum absolute atomic E-state index is 11.3. The molecule has 0 aliphatic carbocycles. The minimum Gasteiger partial charge on any atom is -0.459 e. The summed E-state index contributed by atoms with van der Waals surface area (Å²) in [4.78, 5) is 21.2. The molecule has 0 bridgehead atoms. The van der Waals surface area contributed by atoms with E-state index >= 15 is 0 Å². The molecule has 0 aliphatic rings. The van der Waals surface area contributed by atoms with Crippen LogP contribution in [0.2, 0.25) is 0 Å². The molecule has 1 N–H and O–H groups in total. The predicted molar refractivity (Wildman–Crippen MR) is 57.0 cm³/mol. The highest BCUT2D eigenvalue weighted by Crippen LogP contribution is 2.01. The first-order valence-corrected chi connectivity index (χ1v) is 4.77. The Morgan fingerprint density at radius 3 is 2.81 bits per heavy atom. The summed E-state index contributed by atoms with van der Waals surface area (Å²) in [5, 5.41) is 3.09. The third-order valence-electron chi connectivity index (χ3n) is 1.88. The van der Waals surface area contributed by atoms with Crippen molar-refractivity contribution in [3.05, 3.63) is 35.9 Å². The molecule has 0 heterocycles. The van der Waals surface area contributed by atoms with Crippen LogP contribution < -0.4 is 5.43 Å². The first-order chi connectivity index (χ1) is 7.74. The van der Waals surface area contributed by atoms with Gasteiger partial charge in [-0.1, -0.05) is 35.4 Å². The van der Waals surface area contributed by atoms with Crippen molar-refractivity contribution in [1.82, 2.24) is 5.43 Å². The smallest absolute Gasteiger partial charge is 0.330 e. The zero-order valence-corrected chi connectivity index (χ0v) is 8.84. The van der Waals surface area contributed by atoms with Gasteiger partial charge in [0.1, 0.15) is 12.6 Å². The Labute approximate surface area is 93.1 Å². The average Bonchev–Trinajstić information content (AvgIpc) is 2.34. The highest BCUT2D eigenvalue weighted by molar-refractivity contribution is 5.75. The van der Waals surface area contributed by atoms with Crippen LogP contribution in [0.4, 0.5) is 0 Å². The monoisotopic (exact) mass is 220 g/mol. The van der Waals surface area contributed by atoms with Crippen LogP contribution >= 0.6 is 0 Å². The number of carbonyl (C=O) groups is 1. The fourth-order valence-corrected chi connectivity index (χ4v) is 1.03. The van der Waals surface area contributed by atoms with Gasteiger partial charge < -0.3 is 4.74 Å². The topological polar surface area (TPSA) is 67.8 Å². The summed E-state index contributed by atoms with van der Waals surface area (Å²) in [7, 11) is 0. The van der Waals surface area contributed by atoms with Gasteiger partial charge in [-0.05, 0) is 12.5 Å². The standard InChI is InChI=1S/C11H12N2O3/c1-9(13-12-8-14)11(15)16-7-10-5-3-2-4-6-10/h2-6,9,13H,7H2,1H3/t9-/m0/s1. The third kappa shape index (κ3) is 3.94.